The molecule has 0 saturated carbocycles. The predicted octanol–water partition coefficient (Wildman–Crippen LogP) is 1.86. The minimum atomic E-state index is -0.218. The summed E-state index contributed by atoms with van der Waals surface area (Å²) in [5.74, 6) is 6.12. The average molecular weight is 261 g/mol. The molecule has 0 radical (unpaired) electrons. The number of aromatic nitrogens is 2. The van der Waals surface area contributed by atoms with Crippen LogP contribution in [0.2, 0.25) is 0 Å². The number of nitrogens with two attached hydrogens (primary N) is 1. The number of nitrogens with zero attached hydrogens (tertiary/aromatic N) is 2. The molecule has 1 aromatic carbocycles. The summed E-state index contributed by atoms with van der Waals surface area (Å²) in [5.41, 5.74) is 4.17. The number of nitrogen functional groups attached to an aromatic ring is 1. The number of anilines is 2. The van der Waals surface area contributed by atoms with E-state index in [9.17, 15) is 4.39 Å². The summed E-state index contributed by atoms with van der Waals surface area (Å²) in [7, 11) is 0. The van der Waals surface area contributed by atoms with Gasteiger partial charge in [-0.05, 0) is 31.0 Å². The first kappa shape index (κ1) is 13.2. The summed E-state index contributed by atoms with van der Waals surface area (Å²) in [5, 5.41) is 3.16. The third kappa shape index (κ3) is 3.89. The van der Waals surface area contributed by atoms with Crippen molar-refractivity contribution in [3.05, 3.63) is 47.4 Å². The third-order valence-electron chi connectivity index (χ3n) is 2.59. The maximum absolute atomic E-state index is 13.0. The number of halogens is 1. The summed E-state index contributed by atoms with van der Waals surface area (Å²) in [6.45, 7) is 2.52. The number of nitrogens with one attached hydrogen (secondary N) is 2. The van der Waals surface area contributed by atoms with Crippen LogP contribution in [0.5, 0.6) is 0 Å². The second-order valence-corrected chi connectivity index (χ2v) is 4.17. The number of rotatable bonds is 5. The van der Waals surface area contributed by atoms with Gasteiger partial charge in [0.2, 0.25) is 5.95 Å². The standard InChI is InChI=1S/C13H16FN5/c1-9-7-12(18-13(17-9)19-15)16-6-5-10-3-2-4-11(14)8-10/h2-4,7-8H,5-6,15H2,1H3,(H2,16,17,18,19). The molecule has 0 amide bonds. The van der Waals surface area contributed by atoms with Gasteiger partial charge in [-0.3, -0.25) is 5.43 Å². The molecule has 0 bridgehead atoms. The highest BCUT2D eigenvalue weighted by Crippen LogP contribution is 2.09. The van der Waals surface area contributed by atoms with Crippen LogP contribution in [0.25, 0.3) is 0 Å². The molecule has 2 rings (SSSR count). The number of hydrogen-bond donors (Lipinski definition) is 3. The Balaban J connectivity index is 1.94. The van der Waals surface area contributed by atoms with Gasteiger partial charge >= 0.3 is 0 Å². The number of aryl methyl sites for hydroxylation is 1. The topological polar surface area (TPSA) is 75.9 Å². The quantitative estimate of drug-likeness (QED) is 0.566. The third-order valence-corrected chi connectivity index (χ3v) is 2.59. The molecule has 0 fully saturated rings. The Morgan fingerprint density at radius 2 is 2.11 bits per heavy atom. The van der Waals surface area contributed by atoms with Crippen molar-refractivity contribution in [2.75, 3.05) is 17.3 Å². The fourth-order valence-electron chi connectivity index (χ4n) is 1.75. The largest absolute Gasteiger partial charge is 0.370 e. The van der Waals surface area contributed by atoms with Gasteiger partial charge in [0, 0.05) is 18.3 Å². The Hall–Kier alpha value is -2.21. The van der Waals surface area contributed by atoms with Gasteiger partial charge in [-0.1, -0.05) is 12.1 Å². The molecule has 0 aliphatic rings. The molecule has 1 aromatic heterocycles. The molecule has 4 N–H and O–H groups in total. The van der Waals surface area contributed by atoms with E-state index in [0.717, 1.165) is 11.3 Å². The lowest BCUT2D eigenvalue weighted by Gasteiger charge is -2.08. The van der Waals surface area contributed by atoms with Crippen molar-refractivity contribution in [2.24, 2.45) is 5.84 Å². The van der Waals surface area contributed by atoms with Crippen molar-refractivity contribution in [1.29, 1.82) is 0 Å². The van der Waals surface area contributed by atoms with Crippen LogP contribution >= 0.6 is 0 Å². The maximum Gasteiger partial charge on any atom is 0.239 e. The van der Waals surface area contributed by atoms with E-state index in [4.69, 9.17) is 5.84 Å². The summed E-state index contributed by atoms with van der Waals surface area (Å²) in [4.78, 5) is 8.26. The molecular weight excluding hydrogens is 245 g/mol. The smallest absolute Gasteiger partial charge is 0.239 e. The van der Waals surface area contributed by atoms with Crippen LogP contribution in [0.15, 0.2) is 30.3 Å². The van der Waals surface area contributed by atoms with Crippen LogP contribution in [0.4, 0.5) is 16.2 Å². The zero-order valence-electron chi connectivity index (χ0n) is 10.7. The molecule has 0 spiro atoms. The Morgan fingerprint density at radius 1 is 1.26 bits per heavy atom. The van der Waals surface area contributed by atoms with E-state index in [2.05, 4.69) is 20.7 Å². The summed E-state index contributed by atoms with van der Waals surface area (Å²) >= 11 is 0. The van der Waals surface area contributed by atoms with Crippen LogP contribution in [0.1, 0.15) is 11.3 Å². The Morgan fingerprint density at radius 3 is 2.84 bits per heavy atom. The first-order valence-electron chi connectivity index (χ1n) is 5.98. The van der Waals surface area contributed by atoms with E-state index in [0.29, 0.717) is 24.7 Å². The van der Waals surface area contributed by atoms with E-state index in [1.165, 1.54) is 12.1 Å². The van der Waals surface area contributed by atoms with Crippen LogP contribution in [-0.2, 0) is 6.42 Å². The Bertz CT molecular complexity index is 558. The average Bonchev–Trinajstić information content (AvgIpc) is 2.38. The highest BCUT2D eigenvalue weighted by molar-refractivity contribution is 5.41. The second kappa shape index (κ2) is 6.10. The van der Waals surface area contributed by atoms with Crippen LogP contribution < -0.4 is 16.6 Å². The van der Waals surface area contributed by atoms with Gasteiger partial charge in [0.15, 0.2) is 0 Å². The lowest BCUT2D eigenvalue weighted by molar-refractivity contribution is 0.625. The van der Waals surface area contributed by atoms with Crippen molar-refractivity contribution in [1.82, 2.24) is 9.97 Å². The fraction of sp³-hybridized carbons (Fsp3) is 0.231. The predicted molar refractivity (Wildman–Crippen MR) is 73.2 cm³/mol. The molecule has 0 unspecified atom stereocenters. The summed E-state index contributed by atoms with van der Waals surface area (Å²) in [6.07, 6.45) is 0.714. The van der Waals surface area contributed by atoms with Crippen molar-refractivity contribution in [2.45, 2.75) is 13.3 Å². The first-order chi connectivity index (χ1) is 9.17. The second-order valence-electron chi connectivity index (χ2n) is 4.17. The van der Waals surface area contributed by atoms with Gasteiger partial charge in [-0.25, -0.2) is 15.2 Å². The first-order valence-corrected chi connectivity index (χ1v) is 5.98. The maximum atomic E-state index is 13.0. The van der Waals surface area contributed by atoms with E-state index in [-0.39, 0.29) is 5.82 Å². The number of hydrazine groups is 1. The molecule has 100 valence electrons. The Kier molecular flexibility index (Phi) is 4.25. The van der Waals surface area contributed by atoms with Crippen LogP contribution in [0, 0.1) is 12.7 Å². The van der Waals surface area contributed by atoms with E-state index in [1.54, 1.807) is 6.07 Å². The van der Waals surface area contributed by atoms with E-state index < -0.39 is 0 Å². The van der Waals surface area contributed by atoms with Gasteiger partial charge < -0.3 is 5.32 Å². The van der Waals surface area contributed by atoms with Gasteiger partial charge in [-0.2, -0.15) is 4.98 Å². The zero-order chi connectivity index (χ0) is 13.7. The highest BCUT2D eigenvalue weighted by atomic mass is 19.1. The molecule has 0 saturated heterocycles. The lowest BCUT2D eigenvalue weighted by Crippen LogP contribution is -2.13. The summed E-state index contributed by atoms with van der Waals surface area (Å²) in [6, 6.07) is 8.38. The molecule has 0 atom stereocenters. The van der Waals surface area contributed by atoms with E-state index >= 15 is 0 Å². The number of benzene rings is 1. The van der Waals surface area contributed by atoms with Gasteiger partial charge in [-0.15, -0.1) is 0 Å². The molecule has 6 heteroatoms. The molecule has 0 aliphatic heterocycles. The van der Waals surface area contributed by atoms with Crippen molar-refractivity contribution < 1.29 is 4.39 Å². The normalized spacial score (nSPS) is 10.3. The molecule has 1 heterocycles. The van der Waals surface area contributed by atoms with Crippen LogP contribution in [-0.4, -0.2) is 16.5 Å². The minimum Gasteiger partial charge on any atom is -0.370 e. The minimum absolute atomic E-state index is 0.218. The lowest BCUT2D eigenvalue weighted by atomic mass is 10.1. The van der Waals surface area contributed by atoms with Crippen molar-refractivity contribution in [3.63, 3.8) is 0 Å². The Labute approximate surface area is 111 Å². The van der Waals surface area contributed by atoms with Gasteiger partial charge in [0.25, 0.3) is 0 Å². The van der Waals surface area contributed by atoms with Crippen molar-refractivity contribution in [3.8, 4) is 0 Å². The monoisotopic (exact) mass is 261 g/mol. The van der Waals surface area contributed by atoms with Crippen molar-refractivity contribution >= 4 is 11.8 Å². The van der Waals surface area contributed by atoms with E-state index in [1.807, 2.05) is 19.1 Å². The molecule has 2 aromatic rings. The van der Waals surface area contributed by atoms with Gasteiger partial charge in [0.1, 0.15) is 11.6 Å². The SMILES string of the molecule is Cc1cc(NCCc2cccc(F)c2)nc(NN)n1. The van der Waals surface area contributed by atoms with Crippen LogP contribution in [0.3, 0.4) is 0 Å². The fourth-order valence-corrected chi connectivity index (χ4v) is 1.75. The number of hydrogen-bond acceptors (Lipinski definition) is 5. The molecule has 0 aliphatic carbocycles. The highest BCUT2D eigenvalue weighted by Gasteiger charge is 2.01. The zero-order valence-corrected chi connectivity index (χ0v) is 10.7. The molecule has 5 nitrogen and oxygen atoms in total. The molecule has 19 heavy (non-hydrogen) atoms. The summed E-state index contributed by atoms with van der Waals surface area (Å²) < 4.78 is 13.0. The molecular formula is C13H16FN5. The van der Waals surface area contributed by atoms with Gasteiger partial charge in [0.05, 0.1) is 0 Å².